The fourth-order valence-corrected chi connectivity index (χ4v) is 10.6. The standard InChI is InChI=1S/C63H81F2N11O12/c1-11-54(42(2)77)76-59(81)75(40-68-76)49-21-19-47(20-22-49)71-29-31-72(32-30-71)48-23-25-50(26-24-48)83-35-44-34-63(85-36-44,51-27-18-46(64)33-52(51)65)38-74-41-73(39-67-74)43(3)86-60(82)70(10)55-17-13-12-15-45(55)37-84-56(78)53(69-58(80)88-62(7,8)9)16-14-28-66-57(79)87-61(4,5)6/h12-13,15,17-27,33,39-44,53-54,77H,11,14,16,28-32,34-38H2,1-10H3,(H-,66,69,79,80)/p+1/t42-,43?,44+,53-,54-,63-/m0/s1. The number of aliphatic hydroxyl groups is 1. The van der Waals surface area contributed by atoms with Gasteiger partial charge in [0.2, 0.25) is 12.6 Å². The lowest BCUT2D eigenvalue weighted by Gasteiger charge is -2.37. The number of rotatable bonds is 23. The zero-order valence-corrected chi connectivity index (χ0v) is 51.7. The number of amides is 3. The van der Waals surface area contributed by atoms with E-state index in [-0.39, 0.29) is 62.9 Å². The number of aliphatic hydroxyl groups excluding tert-OH is 1. The Bertz CT molecular complexity index is 3390. The van der Waals surface area contributed by atoms with Crippen LogP contribution in [0.2, 0.25) is 0 Å². The number of hydrogen-bond donors (Lipinski definition) is 3. The van der Waals surface area contributed by atoms with Crippen LogP contribution < -0.4 is 40.3 Å². The van der Waals surface area contributed by atoms with Crippen LogP contribution >= 0.6 is 0 Å². The number of ether oxygens (including phenoxy) is 6. The van der Waals surface area contributed by atoms with Crippen LogP contribution in [0.3, 0.4) is 0 Å². The van der Waals surface area contributed by atoms with E-state index in [2.05, 4.69) is 30.6 Å². The van der Waals surface area contributed by atoms with Gasteiger partial charge in [-0.1, -0.05) is 31.2 Å². The number of nitrogens with one attached hydrogen (secondary N) is 2. The Morgan fingerprint density at radius 1 is 0.864 bits per heavy atom. The number of carbonyl (C=O) groups excluding carboxylic acids is 4. The topological polar surface area (TPSA) is 239 Å². The molecule has 4 aromatic carbocycles. The number of piperazine rings is 1. The predicted molar refractivity (Wildman–Crippen MR) is 322 cm³/mol. The highest BCUT2D eigenvalue weighted by molar-refractivity contribution is 5.88. The van der Waals surface area contributed by atoms with Crippen LogP contribution in [-0.2, 0) is 47.2 Å². The van der Waals surface area contributed by atoms with Gasteiger partial charge in [0.15, 0.2) is 0 Å². The van der Waals surface area contributed by atoms with E-state index in [4.69, 9.17) is 28.4 Å². The minimum absolute atomic E-state index is 0.0227. The van der Waals surface area contributed by atoms with E-state index >= 15 is 4.39 Å². The molecular formula is C63H82F2N11O12+. The minimum atomic E-state index is -1.27. The smallest absolute Gasteiger partial charge is 0.416 e. The number of nitrogens with zero attached hydrogens (tertiary/aromatic N) is 9. The SMILES string of the molecule is CC[C@@H]([C@H](C)O)n1ncn(-c2ccc(N3CCN(c4ccc(OC[C@@H]5CO[C@@](Cn6c[n+](C(C)OC(=O)N(C)c7ccccc7COC(=O)[C@H](CCCNC(=O)OC(C)(C)C)NC(=O)OC(C)(C)C)cn6)(c6ccc(F)cc6F)C5)cc4)CC3)cc2)c1=O. The Labute approximate surface area is 511 Å². The fraction of sp³-hybridized carbons (Fsp3) is 0.492. The molecule has 6 atom stereocenters. The van der Waals surface area contributed by atoms with Crippen molar-refractivity contribution in [1.29, 1.82) is 0 Å². The van der Waals surface area contributed by atoms with Gasteiger partial charge in [0.05, 0.1) is 36.7 Å². The molecule has 4 heterocycles. The molecule has 0 saturated carbocycles. The van der Waals surface area contributed by atoms with Gasteiger partial charge < -0.3 is 54.0 Å². The highest BCUT2D eigenvalue weighted by Gasteiger charge is 2.46. The van der Waals surface area contributed by atoms with Gasteiger partial charge in [-0.25, -0.2) is 42.0 Å². The summed E-state index contributed by atoms with van der Waals surface area (Å²) in [4.78, 5) is 71.3. The van der Waals surface area contributed by atoms with Crippen LogP contribution in [0.15, 0.2) is 115 Å². The number of halogens is 2. The molecule has 23 nitrogen and oxygen atoms in total. The summed E-state index contributed by atoms with van der Waals surface area (Å²) in [5, 5.41) is 24.2. The van der Waals surface area contributed by atoms with E-state index < -0.39 is 77.1 Å². The average molecular weight is 1220 g/mol. The van der Waals surface area contributed by atoms with Crippen molar-refractivity contribution in [3.8, 4) is 11.4 Å². The number of carbonyl (C=O) groups is 4. The van der Waals surface area contributed by atoms with Crippen molar-refractivity contribution in [3.63, 3.8) is 0 Å². The Kier molecular flexibility index (Phi) is 21.2. The molecule has 0 radical (unpaired) electrons. The van der Waals surface area contributed by atoms with E-state index in [1.54, 1.807) is 95.2 Å². The molecule has 3 amide bonds. The second-order valence-electron chi connectivity index (χ2n) is 24.2. The van der Waals surface area contributed by atoms with Gasteiger partial charge in [-0.2, -0.15) is 9.67 Å². The molecule has 0 bridgehead atoms. The van der Waals surface area contributed by atoms with Gasteiger partial charge in [0.25, 0.3) is 6.33 Å². The molecule has 2 aromatic heterocycles. The number of alkyl carbamates (subject to hydrolysis) is 2. The van der Waals surface area contributed by atoms with Gasteiger partial charge in [0.1, 0.15) is 59.7 Å². The van der Waals surface area contributed by atoms with Crippen molar-refractivity contribution < 1.29 is 66.1 Å². The van der Waals surface area contributed by atoms with Crippen molar-refractivity contribution in [2.45, 2.75) is 142 Å². The number of para-hydroxylation sites is 1. The molecule has 2 aliphatic rings. The summed E-state index contributed by atoms with van der Waals surface area (Å²) in [6.45, 7) is 19.0. The van der Waals surface area contributed by atoms with Gasteiger partial charge in [-0.3, -0.25) is 4.90 Å². The van der Waals surface area contributed by atoms with E-state index in [1.807, 2.05) is 55.5 Å². The first kappa shape index (κ1) is 65.4. The molecule has 25 heteroatoms. The van der Waals surface area contributed by atoms with Crippen molar-refractivity contribution in [1.82, 2.24) is 34.8 Å². The van der Waals surface area contributed by atoms with Crippen LogP contribution in [0.4, 0.5) is 40.2 Å². The summed E-state index contributed by atoms with van der Waals surface area (Å²) >= 11 is 0. The molecule has 8 rings (SSSR count). The maximum absolute atomic E-state index is 15.8. The van der Waals surface area contributed by atoms with Gasteiger partial charge in [-0.05, 0) is 135 Å². The Balaban J connectivity index is 0.837. The van der Waals surface area contributed by atoms with Crippen LogP contribution in [0, 0.1) is 17.6 Å². The van der Waals surface area contributed by atoms with Crippen molar-refractivity contribution in [3.05, 3.63) is 143 Å². The first-order valence-corrected chi connectivity index (χ1v) is 29.6. The second kappa shape index (κ2) is 28.5. The first-order chi connectivity index (χ1) is 41.8. The van der Waals surface area contributed by atoms with E-state index in [9.17, 15) is 33.5 Å². The molecule has 2 fully saturated rings. The van der Waals surface area contributed by atoms with Gasteiger partial charge in [0, 0.05) is 86.3 Å². The molecule has 0 spiro atoms. The third-order valence-electron chi connectivity index (χ3n) is 15.1. The highest BCUT2D eigenvalue weighted by Crippen LogP contribution is 2.42. The molecule has 0 aliphatic carbocycles. The Morgan fingerprint density at radius 2 is 1.50 bits per heavy atom. The Morgan fingerprint density at radius 3 is 2.14 bits per heavy atom. The molecular weight excluding hydrogens is 1140 g/mol. The Hall–Kier alpha value is -8.58. The normalized spacial score (nSPS) is 17.5. The van der Waals surface area contributed by atoms with Gasteiger partial charge >= 0.3 is 29.9 Å². The second-order valence-corrected chi connectivity index (χ2v) is 24.2. The maximum Gasteiger partial charge on any atom is 0.416 e. The zero-order chi connectivity index (χ0) is 63.5. The molecule has 2 aliphatic heterocycles. The number of aromatic nitrogens is 6. The van der Waals surface area contributed by atoms with Crippen molar-refractivity contribution in [2.75, 3.05) is 67.7 Å². The molecule has 474 valence electrons. The van der Waals surface area contributed by atoms with Crippen LogP contribution in [0.1, 0.15) is 111 Å². The number of esters is 1. The average Bonchev–Trinajstić information content (AvgIpc) is 2.53. The summed E-state index contributed by atoms with van der Waals surface area (Å²) in [7, 11) is 1.50. The summed E-state index contributed by atoms with van der Waals surface area (Å²) in [5.74, 6) is -1.80. The van der Waals surface area contributed by atoms with Crippen LogP contribution in [-0.4, -0.2) is 130 Å². The van der Waals surface area contributed by atoms with Crippen molar-refractivity contribution >= 4 is 41.3 Å². The monoisotopic (exact) mass is 1220 g/mol. The minimum Gasteiger partial charge on any atom is -0.493 e. The van der Waals surface area contributed by atoms with Crippen molar-refractivity contribution in [2.24, 2.45) is 5.92 Å². The van der Waals surface area contributed by atoms with E-state index in [0.29, 0.717) is 35.5 Å². The van der Waals surface area contributed by atoms with Crippen LogP contribution in [0.5, 0.6) is 5.75 Å². The number of anilines is 3. The lowest BCUT2D eigenvalue weighted by atomic mass is 9.87. The van der Waals surface area contributed by atoms with E-state index in [0.717, 1.165) is 43.6 Å². The number of benzene rings is 4. The lowest BCUT2D eigenvalue weighted by Crippen LogP contribution is -2.46. The third-order valence-corrected chi connectivity index (χ3v) is 15.1. The van der Waals surface area contributed by atoms with E-state index in [1.165, 1.54) is 46.0 Å². The van der Waals surface area contributed by atoms with Crippen LogP contribution in [0.25, 0.3) is 5.69 Å². The fourth-order valence-electron chi connectivity index (χ4n) is 10.6. The maximum atomic E-state index is 15.8. The summed E-state index contributed by atoms with van der Waals surface area (Å²) in [6.07, 6.45) is 1.99. The summed E-state index contributed by atoms with van der Waals surface area (Å²) in [6, 6.07) is 24.3. The highest BCUT2D eigenvalue weighted by atomic mass is 19.1. The zero-order valence-electron chi connectivity index (χ0n) is 51.7. The molecule has 3 N–H and O–H groups in total. The third kappa shape index (κ3) is 17.1. The van der Waals surface area contributed by atoms with Gasteiger partial charge in [-0.15, -0.1) is 4.68 Å². The number of hydrogen-bond acceptors (Lipinski definition) is 16. The lowest BCUT2D eigenvalue weighted by molar-refractivity contribution is -0.753. The quantitative estimate of drug-likeness (QED) is 0.0236. The largest absolute Gasteiger partial charge is 0.493 e. The summed E-state index contributed by atoms with van der Waals surface area (Å²) in [5.41, 5.74) is 0.656. The first-order valence-electron chi connectivity index (χ1n) is 29.6. The summed E-state index contributed by atoms with van der Waals surface area (Å²) < 4.78 is 71.1. The predicted octanol–water partition coefficient (Wildman–Crippen LogP) is 8.50. The molecule has 88 heavy (non-hydrogen) atoms. The molecule has 2 saturated heterocycles. The molecule has 6 aromatic rings. The molecule has 1 unspecified atom stereocenters.